The molecule has 3 heterocycles. The van der Waals surface area contributed by atoms with Gasteiger partial charge in [0, 0.05) is 5.92 Å². The van der Waals surface area contributed by atoms with Gasteiger partial charge in [0.15, 0.2) is 11.5 Å². The highest BCUT2D eigenvalue weighted by atomic mass is 31.1. The van der Waals surface area contributed by atoms with Gasteiger partial charge in [0.05, 0.1) is 18.5 Å². The highest BCUT2D eigenvalue weighted by Gasteiger charge is 2.37. The summed E-state index contributed by atoms with van der Waals surface area (Å²) in [4.78, 5) is 24.2. The molecule has 0 aliphatic carbocycles. The number of rotatable bonds is 8. The number of imidazole rings is 1. The molecule has 2 aromatic rings. The number of ether oxygens (including phenoxy) is 2. The lowest BCUT2D eigenvalue weighted by Gasteiger charge is -2.17. The third-order valence-electron chi connectivity index (χ3n) is 4.50. The summed E-state index contributed by atoms with van der Waals surface area (Å²) >= 11 is 0. The first-order valence-corrected chi connectivity index (χ1v) is 10.6. The Balaban J connectivity index is 1.54. The number of aromatic nitrogens is 4. The number of esters is 1. The molecular weight excluding hydrogens is 399 g/mol. The first-order valence-electron chi connectivity index (χ1n) is 9.41. The molecule has 1 aliphatic rings. The van der Waals surface area contributed by atoms with Gasteiger partial charge in [-0.15, -0.1) is 4.52 Å². The number of hydrogen-bond acceptors (Lipinski definition) is 9. The van der Waals surface area contributed by atoms with Gasteiger partial charge >= 0.3 is 14.1 Å². The quantitative estimate of drug-likeness (QED) is 0.475. The van der Waals surface area contributed by atoms with E-state index in [1.807, 2.05) is 11.5 Å². The van der Waals surface area contributed by atoms with Crippen LogP contribution in [0.5, 0.6) is 0 Å². The van der Waals surface area contributed by atoms with Gasteiger partial charge in [0.2, 0.25) is 0 Å². The van der Waals surface area contributed by atoms with E-state index in [0.717, 1.165) is 0 Å². The molecule has 3 rings (SSSR count). The van der Waals surface area contributed by atoms with Gasteiger partial charge in [-0.2, -0.15) is 0 Å². The van der Waals surface area contributed by atoms with Crippen molar-refractivity contribution < 1.29 is 23.4 Å². The molecular formula is C17H26N6O5P+. The molecule has 12 heteroatoms. The van der Waals surface area contributed by atoms with Crippen LogP contribution in [0.25, 0.3) is 11.2 Å². The monoisotopic (exact) mass is 425 g/mol. The third kappa shape index (κ3) is 5.05. The minimum absolute atomic E-state index is 0.124. The number of carbonyl (C=O) groups excluding carboxylic acids is 1. The number of fused-ring (bicyclic) bond motifs is 1. The van der Waals surface area contributed by atoms with E-state index in [9.17, 15) is 9.36 Å². The van der Waals surface area contributed by atoms with E-state index in [1.54, 1.807) is 27.1 Å². The molecule has 2 aromatic heterocycles. The van der Waals surface area contributed by atoms with Crippen molar-refractivity contribution in [2.24, 2.45) is 5.92 Å². The van der Waals surface area contributed by atoms with Gasteiger partial charge in [-0.25, -0.2) is 15.0 Å². The van der Waals surface area contributed by atoms with Gasteiger partial charge in [0.25, 0.3) is 0 Å². The van der Waals surface area contributed by atoms with Crippen LogP contribution >= 0.6 is 8.18 Å². The number of hydrogen-bond donors (Lipinski definition) is 2. The molecule has 158 valence electrons. The van der Waals surface area contributed by atoms with E-state index in [2.05, 4.69) is 20.0 Å². The van der Waals surface area contributed by atoms with Crippen molar-refractivity contribution in [3.8, 4) is 0 Å². The first-order chi connectivity index (χ1) is 13.8. The summed E-state index contributed by atoms with van der Waals surface area (Å²) in [5.41, 5.74) is 6.96. The number of nitrogens with one attached hydrogen (secondary N) is 1. The van der Waals surface area contributed by atoms with E-state index in [0.29, 0.717) is 23.4 Å². The van der Waals surface area contributed by atoms with Crippen LogP contribution in [0.3, 0.4) is 0 Å². The number of nitrogens with zero attached hydrogens (tertiary/aromatic N) is 4. The zero-order chi connectivity index (χ0) is 21.1. The minimum Gasteiger partial charge on any atom is -0.462 e. The summed E-state index contributed by atoms with van der Waals surface area (Å²) in [6.45, 7) is 7.24. The predicted molar refractivity (Wildman–Crippen MR) is 105 cm³/mol. The molecule has 5 unspecified atom stereocenters. The second kappa shape index (κ2) is 9.08. The van der Waals surface area contributed by atoms with Crippen LogP contribution in [-0.2, 0) is 23.4 Å². The molecule has 0 bridgehead atoms. The van der Waals surface area contributed by atoms with E-state index in [-0.39, 0.29) is 31.0 Å². The summed E-state index contributed by atoms with van der Waals surface area (Å²) in [6, 6.07) is -0.736. The molecule has 0 aromatic carbocycles. The molecule has 0 amide bonds. The van der Waals surface area contributed by atoms with Gasteiger partial charge in [-0.1, -0.05) is 12.0 Å². The molecule has 1 saturated heterocycles. The number of anilines is 1. The topological polar surface area (TPSA) is 143 Å². The minimum atomic E-state index is -2.24. The summed E-state index contributed by atoms with van der Waals surface area (Å²) in [7, 11) is -2.24. The fourth-order valence-corrected chi connectivity index (χ4v) is 3.95. The lowest BCUT2D eigenvalue weighted by Crippen LogP contribution is -2.33. The Morgan fingerprint density at radius 3 is 2.90 bits per heavy atom. The Morgan fingerprint density at radius 2 is 2.17 bits per heavy atom. The fraction of sp³-hybridized carbons (Fsp3) is 0.647. The smallest absolute Gasteiger partial charge is 0.462 e. The predicted octanol–water partition coefficient (Wildman–Crippen LogP) is 1.94. The van der Waals surface area contributed by atoms with Crippen LogP contribution in [0.4, 0.5) is 5.82 Å². The molecule has 0 radical (unpaired) electrons. The lowest BCUT2D eigenvalue weighted by molar-refractivity contribution is -0.149. The summed E-state index contributed by atoms with van der Waals surface area (Å²) < 4.78 is 30.4. The molecule has 0 saturated carbocycles. The maximum absolute atomic E-state index is 12.1. The normalized spacial score (nSPS) is 23.5. The van der Waals surface area contributed by atoms with Crippen molar-refractivity contribution in [1.29, 1.82) is 0 Å². The van der Waals surface area contributed by atoms with Crippen molar-refractivity contribution in [3.63, 3.8) is 0 Å². The first kappa shape index (κ1) is 21.5. The Morgan fingerprint density at radius 1 is 1.41 bits per heavy atom. The van der Waals surface area contributed by atoms with Crippen molar-refractivity contribution in [2.45, 2.75) is 58.6 Å². The maximum Gasteiger partial charge on any atom is 0.613 e. The van der Waals surface area contributed by atoms with Crippen molar-refractivity contribution in [1.82, 2.24) is 24.6 Å². The van der Waals surface area contributed by atoms with E-state index >= 15 is 0 Å². The highest BCUT2D eigenvalue weighted by molar-refractivity contribution is 7.36. The molecule has 1 aliphatic heterocycles. The molecule has 1 fully saturated rings. The SMILES string of the molecule is CC(C)OC(=O)C(C)N[P+](=O)OCC1CC(C)C(n2cnc3c(N)ncnc32)O1. The number of nitrogens with two attached hydrogens (primary N) is 1. The average Bonchev–Trinajstić information content (AvgIpc) is 3.23. The molecule has 0 spiro atoms. The van der Waals surface area contributed by atoms with Crippen LogP contribution < -0.4 is 10.8 Å². The van der Waals surface area contributed by atoms with E-state index in [1.165, 1.54) is 6.33 Å². The van der Waals surface area contributed by atoms with Crippen molar-refractivity contribution in [2.75, 3.05) is 12.3 Å². The van der Waals surface area contributed by atoms with Crippen LogP contribution in [0.1, 0.15) is 40.3 Å². The zero-order valence-corrected chi connectivity index (χ0v) is 17.7. The van der Waals surface area contributed by atoms with E-state index in [4.69, 9.17) is 19.7 Å². The van der Waals surface area contributed by atoms with E-state index < -0.39 is 20.2 Å². The van der Waals surface area contributed by atoms with Crippen LogP contribution in [0.15, 0.2) is 12.7 Å². The maximum atomic E-state index is 12.1. The Bertz CT molecular complexity index is 890. The van der Waals surface area contributed by atoms with Crippen LogP contribution in [-0.4, -0.2) is 50.3 Å². The zero-order valence-electron chi connectivity index (χ0n) is 16.8. The van der Waals surface area contributed by atoms with Gasteiger partial charge in [-0.05, 0) is 31.8 Å². The molecule has 5 atom stereocenters. The van der Waals surface area contributed by atoms with Gasteiger partial charge in [-0.3, -0.25) is 9.36 Å². The number of nitrogen functional groups attached to an aromatic ring is 1. The standard InChI is InChI=1S/C17H26N6O5P/c1-9(2)27-17(24)11(4)22-29(25)26-6-12-5-10(3)16(28-12)23-8-21-13-14(18)19-7-20-15(13)23/h7-12,16H,5-6H2,1-4H3,(H,22,25)(H2,18,19,20)/q+1. The Hall–Kier alpha value is -2.20. The summed E-state index contributed by atoms with van der Waals surface area (Å²) in [6.07, 6.45) is 2.93. The third-order valence-corrected chi connectivity index (χ3v) is 5.48. The molecule has 3 N–H and O–H groups in total. The second-order valence-electron chi connectivity index (χ2n) is 7.33. The molecule has 11 nitrogen and oxygen atoms in total. The van der Waals surface area contributed by atoms with Gasteiger partial charge in [0.1, 0.15) is 30.7 Å². The summed E-state index contributed by atoms with van der Waals surface area (Å²) in [5.74, 6) is -0.0126. The Kier molecular flexibility index (Phi) is 6.74. The molecule has 29 heavy (non-hydrogen) atoms. The highest BCUT2D eigenvalue weighted by Crippen LogP contribution is 2.36. The lowest BCUT2D eigenvalue weighted by atomic mass is 10.1. The average molecular weight is 425 g/mol. The fourth-order valence-electron chi connectivity index (χ4n) is 3.15. The van der Waals surface area contributed by atoms with Crippen molar-refractivity contribution in [3.05, 3.63) is 12.7 Å². The Labute approximate surface area is 169 Å². The summed E-state index contributed by atoms with van der Waals surface area (Å²) in [5, 5.41) is 2.60. The van der Waals surface area contributed by atoms with Crippen molar-refractivity contribution >= 4 is 31.1 Å². The van der Waals surface area contributed by atoms with Gasteiger partial charge < -0.3 is 15.2 Å². The second-order valence-corrected chi connectivity index (χ2v) is 8.36. The largest absolute Gasteiger partial charge is 0.613 e. The number of carbonyl (C=O) groups is 1. The van der Waals surface area contributed by atoms with Crippen LogP contribution in [0, 0.1) is 5.92 Å². The van der Waals surface area contributed by atoms with Crippen LogP contribution in [0.2, 0.25) is 0 Å².